The van der Waals surface area contributed by atoms with Crippen LogP contribution in [-0.4, -0.2) is 24.1 Å². The van der Waals surface area contributed by atoms with Crippen LogP contribution in [0.5, 0.6) is 0 Å². The van der Waals surface area contributed by atoms with Crippen molar-refractivity contribution in [2.24, 2.45) is 0 Å². The smallest absolute Gasteiger partial charge is 0.164 e. The summed E-state index contributed by atoms with van der Waals surface area (Å²) in [7, 11) is 0. The second kappa shape index (κ2) is 14.7. The first-order chi connectivity index (χ1) is 32.8. The number of hydrogen-bond acceptors (Lipinski definition) is 3. The molecule has 62 heavy (non-hydrogen) atoms. The van der Waals surface area contributed by atoms with Crippen LogP contribution in [0.3, 0.4) is 0 Å². The van der Waals surface area contributed by atoms with E-state index in [-0.39, 0.29) is 17.2 Å². The molecule has 0 aliphatic heterocycles. The van der Waals surface area contributed by atoms with E-state index in [1.165, 1.54) is 10.8 Å². The Hall–Kier alpha value is -8.41. The van der Waals surface area contributed by atoms with Gasteiger partial charge >= 0.3 is 0 Å². The van der Waals surface area contributed by atoms with Gasteiger partial charge < -0.3 is 9.13 Å². The Kier molecular flexibility index (Phi) is 7.25. The third-order valence-corrected chi connectivity index (χ3v) is 11.6. The molecule has 0 spiro atoms. The largest absolute Gasteiger partial charge is 0.309 e. The molecule has 0 radical (unpaired) electrons. The number of aromatic nitrogens is 5. The lowest BCUT2D eigenvalue weighted by Crippen LogP contribution is -2.02. The van der Waals surface area contributed by atoms with Crippen LogP contribution >= 0.6 is 0 Å². The molecule has 0 bridgehead atoms. The molecule has 0 saturated heterocycles. The van der Waals surface area contributed by atoms with Crippen molar-refractivity contribution in [3.63, 3.8) is 0 Å². The molecule has 3 heterocycles. The second-order valence-corrected chi connectivity index (χ2v) is 15.3. The summed E-state index contributed by atoms with van der Waals surface area (Å²) in [6.07, 6.45) is 0. The van der Waals surface area contributed by atoms with E-state index in [1.807, 2.05) is 78.9 Å². The van der Waals surface area contributed by atoms with Gasteiger partial charge in [0.05, 0.1) is 34.6 Å². The first kappa shape index (κ1) is 30.6. The molecular formula is C57H37N5. The Balaban J connectivity index is 1.12. The molecule has 0 amide bonds. The van der Waals surface area contributed by atoms with Crippen LogP contribution in [0.15, 0.2) is 224 Å². The minimum atomic E-state index is -0.488. The molecule has 5 heteroatoms. The SMILES string of the molecule is [2H]c1c([2H])c([2H])c(-c2nc(-c3ccc(-c4ccccc4)cc3)nc(-c3cc(-c4ccccc4)cc(-n4c5ccccc5c5c(-n6c7ccccc7c7ccccc76)cccc54)c3)n2)c([2H])c1[2H]. The lowest BCUT2D eigenvalue weighted by molar-refractivity contribution is 1.07. The normalized spacial score (nSPS) is 12.7. The van der Waals surface area contributed by atoms with Gasteiger partial charge in [0.15, 0.2) is 17.5 Å². The summed E-state index contributed by atoms with van der Waals surface area (Å²) in [6.45, 7) is 0. The van der Waals surface area contributed by atoms with Gasteiger partial charge in [0.25, 0.3) is 0 Å². The van der Waals surface area contributed by atoms with Gasteiger partial charge in [0, 0.05) is 43.9 Å². The van der Waals surface area contributed by atoms with Crippen molar-refractivity contribution >= 4 is 43.6 Å². The molecule has 5 nitrogen and oxygen atoms in total. The van der Waals surface area contributed by atoms with Crippen molar-refractivity contribution in [1.82, 2.24) is 24.1 Å². The van der Waals surface area contributed by atoms with Crippen LogP contribution in [0.25, 0.3) is 111 Å². The van der Waals surface area contributed by atoms with E-state index < -0.39 is 30.2 Å². The minimum absolute atomic E-state index is 0.0246. The van der Waals surface area contributed by atoms with Crippen LogP contribution in [0.2, 0.25) is 0 Å². The van der Waals surface area contributed by atoms with Gasteiger partial charge in [-0.1, -0.05) is 176 Å². The van der Waals surface area contributed by atoms with Crippen LogP contribution in [-0.2, 0) is 0 Å². The van der Waals surface area contributed by atoms with Gasteiger partial charge in [-0.05, 0) is 70.8 Å². The van der Waals surface area contributed by atoms with Gasteiger partial charge in [-0.15, -0.1) is 0 Å². The number of benzene rings is 9. The number of para-hydroxylation sites is 3. The lowest BCUT2D eigenvalue weighted by Gasteiger charge is -2.15. The van der Waals surface area contributed by atoms with Crippen LogP contribution in [0.4, 0.5) is 0 Å². The van der Waals surface area contributed by atoms with Crippen molar-refractivity contribution in [1.29, 1.82) is 0 Å². The highest BCUT2D eigenvalue weighted by molar-refractivity contribution is 6.16. The Morgan fingerprint density at radius 3 is 1.44 bits per heavy atom. The molecule has 0 saturated carbocycles. The molecule has 0 fully saturated rings. The van der Waals surface area contributed by atoms with Crippen molar-refractivity contribution in [3.05, 3.63) is 224 Å². The van der Waals surface area contributed by atoms with Crippen LogP contribution < -0.4 is 0 Å². The Bertz CT molecular complexity index is 3840. The fraction of sp³-hybridized carbons (Fsp3) is 0. The Morgan fingerprint density at radius 2 is 0.790 bits per heavy atom. The molecule has 0 aliphatic carbocycles. The van der Waals surface area contributed by atoms with E-state index in [1.54, 1.807) is 0 Å². The molecular weight excluding hydrogens is 755 g/mol. The van der Waals surface area contributed by atoms with E-state index >= 15 is 0 Å². The fourth-order valence-corrected chi connectivity index (χ4v) is 8.86. The first-order valence-corrected chi connectivity index (χ1v) is 20.5. The van der Waals surface area contributed by atoms with E-state index in [4.69, 9.17) is 21.8 Å². The van der Waals surface area contributed by atoms with Gasteiger partial charge in [0.2, 0.25) is 0 Å². The monoisotopic (exact) mass is 796 g/mol. The average molecular weight is 797 g/mol. The molecule has 0 unspecified atom stereocenters. The highest BCUT2D eigenvalue weighted by atomic mass is 15.0. The third kappa shape index (κ3) is 5.98. The minimum Gasteiger partial charge on any atom is -0.309 e. The van der Waals surface area contributed by atoms with Crippen molar-refractivity contribution < 1.29 is 6.85 Å². The van der Waals surface area contributed by atoms with Crippen LogP contribution in [0, 0.1) is 0 Å². The summed E-state index contributed by atoms with van der Waals surface area (Å²) in [5.41, 5.74) is 11.4. The topological polar surface area (TPSA) is 48.5 Å². The predicted octanol–water partition coefficient (Wildman–Crippen LogP) is 14.4. The summed E-state index contributed by atoms with van der Waals surface area (Å²) < 4.78 is 48.0. The molecule has 0 atom stereocenters. The van der Waals surface area contributed by atoms with E-state index in [0.29, 0.717) is 17.0 Å². The maximum Gasteiger partial charge on any atom is 0.164 e. The zero-order valence-electron chi connectivity index (χ0n) is 38.2. The quantitative estimate of drug-likeness (QED) is 0.161. The van der Waals surface area contributed by atoms with Gasteiger partial charge in [-0.3, -0.25) is 0 Å². The summed E-state index contributed by atoms with van der Waals surface area (Å²) in [5, 5.41) is 4.56. The molecule has 12 aromatic rings. The average Bonchev–Trinajstić information content (AvgIpc) is 3.91. The molecule has 290 valence electrons. The van der Waals surface area contributed by atoms with E-state index in [0.717, 1.165) is 66.5 Å². The highest BCUT2D eigenvalue weighted by Gasteiger charge is 2.21. The summed E-state index contributed by atoms with van der Waals surface area (Å²) in [4.78, 5) is 15.0. The summed E-state index contributed by atoms with van der Waals surface area (Å²) in [6, 6.07) is 64.2. The predicted molar refractivity (Wildman–Crippen MR) is 256 cm³/mol. The molecule has 0 aliphatic rings. The van der Waals surface area contributed by atoms with Gasteiger partial charge in [-0.2, -0.15) is 0 Å². The lowest BCUT2D eigenvalue weighted by atomic mass is 10.0. The zero-order chi connectivity index (χ0) is 45.3. The molecule has 9 aromatic carbocycles. The molecule has 3 aromatic heterocycles. The number of nitrogens with zero attached hydrogens (tertiary/aromatic N) is 5. The molecule has 12 rings (SSSR count). The Labute approximate surface area is 365 Å². The third-order valence-electron chi connectivity index (χ3n) is 11.6. The van der Waals surface area contributed by atoms with E-state index in [2.05, 4.69) is 124 Å². The van der Waals surface area contributed by atoms with Crippen molar-refractivity contribution in [2.75, 3.05) is 0 Å². The fourth-order valence-electron chi connectivity index (χ4n) is 8.86. The maximum atomic E-state index is 8.96. The summed E-state index contributed by atoms with van der Waals surface area (Å²) >= 11 is 0. The standard InChI is InChI=1S/C57H37N5/c1-4-17-38(18-5-1)40-31-33-42(34-32-40)56-58-55(41-21-8-3-9-22-41)59-57(60-56)44-35-43(39-19-6-2-7-20-39)36-45(37-44)61-51-28-15-12-25-48(51)54-52(61)29-16-30-53(54)62-49-26-13-10-23-46(49)47-24-11-14-27-50(47)62/h1-37H/i3D,8D,9D,21D,22D. The second-order valence-electron chi connectivity index (χ2n) is 15.3. The highest BCUT2D eigenvalue weighted by Crippen LogP contribution is 2.41. The van der Waals surface area contributed by atoms with Gasteiger partial charge in [-0.25, -0.2) is 15.0 Å². The first-order valence-electron chi connectivity index (χ1n) is 23.0. The zero-order valence-corrected chi connectivity index (χ0v) is 33.2. The van der Waals surface area contributed by atoms with Crippen molar-refractivity contribution in [3.8, 4) is 67.8 Å². The Morgan fingerprint density at radius 1 is 0.323 bits per heavy atom. The summed E-state index contributed by atoms with van der Waals surface area (Å²) in [5.74, 6) is 0.555. The number of rotatable bonds is 7. The maximum absolute atomic E-state index is 8.96. The van der Waals surface area contributed by atoms with Crippen molar-refractivity contribution in [2.45, 2.75) is 0 Å². The number of fused-ring (bicyclic) bond motifs is 6. The van der Waals surface area contributed by atoms with Gasteiger partial charge in [0.1, 0.15) is 0 Å². The van der Waals surface area contributed by atoms with Crippen LogP contribution in [0.1, 0.15) is 6.85 Å². The number of hydrogen-bond donors (Lipinski definition) is 0. The molecule has 0 N–H and O–H groups in total. The van der Waals surface area contributed by atoms with E-state index in [9.17, 15) is 0 Å².